The first kappa shape index (κ1) is 15.0. The standard InChI is InChI=1S/C16H18FN3O/c1-3-14-8-12(9-15(18)20-14)16(21)19-10(2)11-5-4-6-13(17)7-11/h4-10H,3H2,1-2H3,(H2,18,20)(H,19,21). The summed E-state index contributed by atoms with van der Waals surface area (Å²) in [6.45, 7) is 3.75. The SMILES string of the molecule is CCc1cc(C(=O)NC(C)c2cccc(F)c2)cc(N)n1. The Kier molecular flexibility index (Phi) is 4.52. The number of pyridine rings is 1. The fourth-order valence-corrected chi connectivity index (χ4v) is 2.06. The molecule has 0 radical (unpaired) electrons. The third-order valence-corrected chi connectivity index (χ3v) is 3.22. The van der Waals surface area contributed by atoms with Crippen LogP contribution in [0.1, 0.15) is 41.5 Å². The van der Waals surface area contributed by atoms with E-state index in [1.165, 1.54) is 18.2 Å². The van der Waals surface area contributed by atoms with E-state index in [1.807, 2.05) is 6.92 Å². The van der Waals surface area contributed by atoms with E-state index in [0.717, 1.165) is 5.69 Å². The molecular weight excluding hydrogens is 269 g/mol. The number of aryl methyl sites for hydroxylation is 1. The van der Waals surface area contributed by atoms with Crippen molar-refractivity contribution >= 4 is 11.7 Å². The predicted octanol–water partition coefficient (Wildman–Crippen LogP) is 2.86. The number of nitrogens with two attached hydrogens (primary N) is 1. The number of amides is 1. The number of hydrogen-bond donors (Lipinski definition) is 2. The van der Waals surface area contributed by atoms with Crippen molar-refractivity contribution in [3.63, 3.8) is 0 Å². The number of anilines is 1. The first-order valence-corrected chi connectivity index (χ1v) is 6.82. The van der Waals surface area contributed by atoms with Gasteiger partial charge in [-0.1, -0.05) is 19.1 Å². The Labute approximate surface area is 123 Å². The van der Waals surface area contributed by atoms with Crippen molar-refractivity contribution in [2.45, 2.75) is 26.3 Å². The first-order valence-electron chi connectivity index (χ1n) is 6.82. The molecule has 0 aliphatic heterocycles. The fourth-order valence-electron chi connectivity index (χ4n) is 2.06. The van der Waals surface area contributed by atoms with Gasteiger partial charge < -0.3 is 11.1 Å². The molecule has 0 aliphatic rings. The molecule has 1 aromatic heterocycles. The minimum Gasteiger partial charge on any atom is -0.384 e. The summed E-state index contributed by atoms with van der Waals surface area (Å²) in [6.07, 6.45) is 0.699. The molecule has 0 saturated carbocycles. The minimum atomic E-state index is -0.324. The zero-order valence-corrected chi connectivity index (χ0v) is 12.1. The number of benzene rings is 1. The van der Waals surface area contributed by atoms with E-state index in [1.54, 1.807) is 25.1 Å². The zero-order valence-electron chi connectivity index (χ0n) is 12.1. The quantitative estimate of drug-likeness (QED) is 0.908. The summed E-state index contributed by atoms with van der Waals surface area (Å²) >= 11 is 0. The van der Waals surface area contributed by atoms with Crippen LogP contribution >= 0.6 is 0 Å². The largest absolute Gasteiger partial charge is 0.384 e. The van der Waals surface area contributed by atoms with Crippen LogP contribution in [0.2, 0.25) is 0 Å². The van der Waals surface area contributed by atoms with Gasteiger partial charge in [-0.15, -0.1) is 0 Å². The third kappa shape index (κ3) is 3.78. The number of aromatic nitrogens is 1. The van der Waals surface area contributed by atoms with E-state index in [4.69, 9.17) is 5.73 Å². The molecule has 2 rings (SSSR count). The average molecular weight is 287 g/mol. The van der Waals surface area contributed by atoms with Crippen molar-refractivity contribution in [3.05, 3.63) is 59.0 Å². The molecule has 0 saturated heterocycles. The number of carbonyl (C=O) groups is 1. The van der Waals surface area contributed by atoms with Crippen molar-refractivity contribution < 1.29 is 9.18 Å². The van der Waals surface area contributed by atoms with Gasteiger partial charge in [0.1, 0.15) is 11.6 Å². The monoisotopic (exact) mass is 287 g/mol. The molecule has 2 aromatic rings. The van der Waals surface area contributed by atoms with Gasteiger partial charge in [-0.25, -0.2) is 9.37 Å². The Morgan fingerprint density at radius 1 is 1.38 bits per heavy atom. The second-order valence-corrected chi connectivity index (χ2v) is 4.88. The lowest BCUT2D eigenvalue weighted by Crippen LogP contribution is -2.27. The average Bonchev–Trinajstić information content (AvgIpc) is 2.46. The highest BCUT2D eigenvalue weighted by atomic mass is 19.1. The summed E-state index contributed by atoms with van der Waals surface area (Å²) in [5, 5.41) is 2.83. The molecule has 0 bridgehead atoms. The molecule has 3 N–H and O–H groups in total. The molecule has 4 nitrogen and oxygen atoms in total. The Morgan fingerprint density at radius 2 is 2.14 bits per heavy atom. The predicted molar refractivity (Wildman–Crippen MR) is 80.3 cm³/mol. The molecule has 1 unspecified atom stereocenters. The van der Waals surface area contributed by atoms with Crippen LogP contribution in [0.4, 0.5) is 10.2 Å². The van der Waals surface area contributed by atoms with Gasteiger partial charge in [-0.05, 0) is 43.2 Å². The summed E-state index contributed by atoms with van der Waals surface area (Å²) in [6, 6.07) is 9.11. The molecule has 110 valence electrons. The molecule has 5 heteroatoms. The maximum atomic E-state index is 13.2. The first-order chi connectivity index (χ1) is 9.99. The number of halogens is 1. The van der Waals surface area contributed by atoms with Crippen molar-refractivity contribution in [3.8, 4) is 0 Å². The normalized spacial score (nSPS) is 12.0. The zero-order chi connectivity index (χ0) is 15.4. The van der Waals surface area contributed by atoms with Crippen molar-refractivity contribution in [2.75, 3.05) is 5.73 Å². The minimum absolute atomic E-state index is 0.254. The second kappa shape index (κ2) is 6.35. The number of carbonyl (C=O) groups excluding carboxylic acids is 1. The molecule has 0 fully saturated rings. The number of nitrogen functional groups attached to an aromatic ring is 1. The van der Waals surface area contributed by atoms with Crippen molar-refractivity contribution in [1.29, 1.82) is 0 Å². The van der Waals surface area contributed by atoms with E-state index in [0.29, 0.717) is 23.4 Å². The molecule has 1 heterocycles. The summed E-state index contributed by atoms with van der Waals surface area (Å²) < 4.78 is 13.2. The van der Waals surface area contributed by atoms with Crippen LogP contribution in [0.15, 0.2) is 36.4 Å². The van der Waals surface area contributed by atoms with Gasteiger partial charge in [0.25, 0.3) is 5.91 Å². The lowest BCUT2D eigenvalue weighted by Gasteiger charge is -2.15. The number of nitrogens with one attached hydrogen (secondary N) is 1. The lowest BCUT2D eigenvalue weighted by molar-refractivity contribution is 0.0939. The van der Waals surface area contributed by atoms with Gasteiger partial charge in [0.15, 0.2) is 0 Å². The van der Waals surface area contributed by atoms with Crippen LogP contribution in [0.25, 0.3) is 0 Å². The van der Waals surface area contributed by atoms with Crippen molar-refractivity contribution in [2.24, 2.45) is 0 Å². The molecule has 1 amide bonds. The van der Waals surface area contributed by atoms with Crippen LogP contribution in [-0.4, -0.2) is 10.9 Å². The Hall–Kier alpha value is -2.43. The van der Waals surface area contributed by atoms with Gasteiger partial charge in [0.05, 0.1) is 6.04 Å². The van der Waals surface area contributed by atoms with Crippen LogP contribution in [-0.2, 0) is 6.42 Å². The summed E-state index contributed by atoms with van der Waals surface area (Å²) in [5.74, 6) is -0.261. The van der Waals surface area contributed by atoms with E-state index in [2.05, 4.69) is 10.3 Å². The maximum absolute atomic E-state index is 13.2. The summed E-state index contributed by atoms with van der Waals surface area (Å²) in [5.41, 5.74) is 7.63. The Bertz CT molecular complexity index is 658. The number of nitrogens with zero attached hydrogens (tertiary/aromatic N) is 1. The molecule has 1 atom stereocenters. The van der Waals surface area contributed by atoms with Gasteiger partial charge in [0, 0.05) is 11.3 Å². The lowest BCUT2D eigenvalue weighted by atomic mass is 10.1. The van der Waals surface area contributed by atoms with Crippen LogP contribution in [0.5, 0.6) is 0 Å². The second-order valence-electron chi connectivity index (χ2n) is 4.88. The summed E-state index contributed by atoms with van der Waals surface area (Å²) in [7, 11) is 0. The molecular formula is C16H18FN3O. The number of rotatable bonds is 4. The van der Waals surface area contributed by atoms with E-state index in [-0.39, 0.29) is 17.8 Å². The van der Waals surface area contributed by atoms with Crippen LogP contribution < -0.4 is 11.1 Å². The van der Waals surface area contributed by atoms with Gasteiger partial charge in [-0.3, -0.25) is 4.79 Å². The van der Waals surface area contributed by atoms with E-state index < -0.39 is 0 Å². The molecule has 21 heavy (non-hydrogen) atoms. The fraction of sp³-hybridized carbons (Fsp3) is 0.250. The molecule has 0 aliphatic carbocycles. The van der Waals surface area contributed by atoms with Crippen molar-refractivity contribution in [1.82, 2.24) is 10.3 Å². The van der Waals surface area contributed by atoms with Gasteiger partial charge in [-0.2, -0.15) is 0 Å². The third-order valence-electron chi connectivity index (χ3n) is 3.22. The highest BCUT2D eigenvalue weighted by Gasteiger charge is 2.13. The van der Waals surface area contributed by atoms with Gasteiger partial charge >= 0.3 is 0 Å². The topological polar surface area (TPSA) is 68.0 Å². The number of hydrogen-bond acceptors (Lipinski definition) is 3. The molecule has 1 aromatic carbocycles. The van der Waals surface area contributed by atoms with E-state index in [9.17, 15) is 9.18 Å². The highest BCUT2D eigenvalue weighted by Crippen LogP contribution is 2.15. The van der Waals surface area contributed by atoms with Crippen LogP contribution in [0, 0.1) is 5.82 Å². The Balaban J connectivity index is 2.16. The smallest absolute Gasteiger partial charge is 0.251 e. The van der Waals surface area contributed by atoms with Gasteiger partial charge in [0.2, 0.25) is 0 Å². The van der Waals surface area contributed by atoms with E-state index >= 15 is 0 Å². The maximum Gasteiger partial charge on any atom is 0.251 e. The molecule has 0 spiro atoms. The highest BCUT2D eigenvalue weighted by molar-refractivity contribution is 5.95. The summed E-state index contributed by atoms with van der Waals surface area (Å²) in [4.78, 5) is 16.4. The Morgan fingerprint density at radius 3 is 2.81 bits per heavy atom. The van der Waals surface area contributed by atoms with Crippen LogP contribution in [0.3, 0.4) is 0 Å².